The number of imide groups is 2. The van der Waals surface area contributed by atoms with Gasteiger partial charge in [-0.2, -0.15) is 0 Å². The van der Waals surface area contributed by atoms with Crippen LogP contribution >= 0.6 is 34.8 Å². The number of benzene rings is 3. The van der Waals surface area contributed by atoms with E-state index in [1.54, 1.807) is 54.6 Å². The third-order valence-corrected chi connectivity index (χ3v) is 6.79. The van der Waals surface area contributed by atoms with Crippen molar-refractivity contribution in [2.24, 2.45) is 0 Å². The maximum absolute atomic E-state index is 13.4. The van der Waals surface area contributed by atoms with Crippen LogP contribution in [0, 0.1) is 0 Å². The molecule has 1 aliphatic rings. The highest BCUT2D eigenvalue weighted by Crippen LogP contribution is 2.31. The van der Waals surface area contributed by atoms with Gasteiger partial charge in [0.1, 0.15) is 17.9 Å². The Morgan fingerprint density at radius 3 is 2.29 bits per heavy atom. The molecule has 41 heavy (non-hydrogen) atoms. The maximum atomic E-state index is 13.4. The number of barbiturate groups is 1. The van der Waals surface area contributed by atoms with Gasteiger partial charge >= 0.3 is 6.03 Å². The minimum atomic E-state index is -0.832. The highest BCUT2D eigenvalue weighted by Gasteiger charge is 2.36. The van der Waals surface area contributed by atoms with Crippen LogP contribution in [0.15, 0.2) is 60.2 Å². The Morgan fingerprint density at radius 2 is 1.56 bits per heavy atom. The molecule has 0 spiro atoms. The second-order valence-corrected chi connectivity index (χ2v) is 10.3. The fourth-order valence-corrected chi connectivity index (χ4v) is 4.63. The molecule has 214 valence electrons. The number of nitrogens with zero attached hydrogens (tertiary/aromatic N) is 1. The predicted octanol–water partition coefficient (Wildman–Crippen LogP) is 7.08. The molecule has 11 heteroatoms. The fraction of sp³-hybridized carbons (Fsp3) is 0.233. The van der Waals surface area contributed by atoms with Crippen LogP contribution in [0.2, 0.25) is 15.1 Å². The molecule has 1 fully saturated rings. The van der Waals surface area contributed by atoms with Crippen molar-refractivity contribution >= 4 is 58.7 Å². The minimum Gasteiger partial charge on any atom is -0.490 e. The van der Waals surface area contributed by atoms with E-state index in [4.69, 9.17) is 49.0 Å². The monoisotopic (exact) mass is 616 g/mol. The van der Waals surface area contributed by atoms with Gasteiger partial charge in [0, 0.05) is 26.2 Å². The van der Waals surface area contributed by atoms with E-state index in [1.165, 1.54) is 6.08 Å². The summed E-state index contributed by atoms with van der Waals surface area (Å²) in [6.45, 7) is 4.76. The van der Waals surface area contributed by atoms with Gasteiger partial charge in [-0.15, -0.1) is 0 Å². The molecule has 3 aromatic rings. The van der Waals surface area contributed by atoms with Crippen LogP contribution in [-0.2, 0) is 22.7 Å². The second-order valence-electron chi connectivity index (χ2n) is 8.98. The van der Waals surface area contributed by atoms with Gasteiger partial charge in [0.25, 0.3) is 11.8 Å². The number of halogens is 3. The zero-order valence-electron chi connectivity index (χ0n) is 22.3. The van der Waals surface area contributed by atoms with E-state index in [0.29, 0.717) is 62.2 Å². The van der Waals surface area contributed by atoms with Gasteiger partial charge in [0.05, 0.1) is 19.8 Å². The maximum Gasteiger partial charge on any atom is 0.331 e. The molecule has 0 aliphatic carbocycles. The van der Waals surface area contributed by atoms with E-state index in [-0.39, 0.29) is 18.7 Å². The molecule has 1 N–H and O–H groups in total. The smallest absolute Gasteiger partial charge is 0.331 e. The topological polar surface area (TPSA) is 94.2 Å². The van der Waals surface area contributed by atoms with Crippen LogP contribution in [0.3, 0.4) is 0 Å². The zero-order chi connectivity index (χ0) is 29.5. The van der Waals surface area contributed by atoms with E-state index in [9.17, 15) is 14.4 Å². The van der Waals surface area contributed by atoms with E-state index in [2.05, 4.69) is 5.32 Å². The number of carbonyl (C=O) groups excluding carboxylic acids is 3. The van der Waals surface area contributed by atoms with Gasteiger partial charge in [-0.05, 0) is 67.4 Å². The first-order chi connectivity index (χ1) is 19.7. The van der Waals surface area contributed by atoms with Crippen LogP contribution in [0.4, 0.5) is 4.79 Å². The third kappa shape index (κ3) is 7.52. The molecular weight excluding hydrogens is 591 g/mol. The third-order valence-electron chi connectivity index (χ3n) is 5.97. The Kier molecular flexibility index (Phi) is 10.2. The second kappa shape index (κ2) is 13.8. The number of nitrogens with one attached hydrogen (secondary N) is 1. The molecule has 8 nitrogen and oxygen atoms in total. The van der Waals surface area contributed by atoms with E-state index >= 15 is 0 Å². The molecule has 0 atom stereocenters. The van der Waals surface area contributed by atoms with Gasteiger partial charge in [-0.3, -0.25) is 19.8 Å². The first kappa shape index (κ1) is 30.2. The Labute approximate surface area is 252 Å². The number of amides is 4. The summed E-state index contributed by atoms with van der Waals surface area (Å²) in [4.78, 5) is 39.9. The van der Waals surface area contributed by atoms with Gasteiger partial charge in [0.2, 0.25) is 0 Å². The summed E-state index contributed by atoms with van der Waals surface area (Å²) >= 11 is 18.5. The lowest BCUT2D eigenvalue weighted by atomic mass is 10.1. The summed E-state index contributed by atoms with van der Waals surface area (Å²) in [7, 11) is 0. The Hall–Kier alpha value is -3.72. The Balaban J connectivity index is 1.60. The summed E-state index contributed by atoms with van der Waals surface area (Å²) in [6, 6.07) is 14.2. The molecule has 0 unspecified atom stereocenters. The quantitative estimate of drug-likeness (QED) is 0.183. The van der Waals surface area contributed by atoms with Crippen LogP contribution in [0.5, 0.6) is 17.2 Å². The van der Waals surface area contributed by atoms with Crippen molar-refractivity contribution in [1.82, 2.24) is 10.2 Å². The zero-order valence-corrected chi connectivity index (χ0v) is 24.6. The van der Waals surface area contributed by atoms with Crippen molar-refractivity contribution in [3.8, 4) is 17.2 Å². The number of rotatable bonds is 11. The number of carbonyl (C=O) groups is 3. The van der Waals surface area contributed by atoms with Crippen molar-refractivity contribution in [2.75, 3.05) is 13.2 Å². The molecule has 0 radical (unpaired) electrons. The summed E-state index contributed by atoms with van der Waals surface area (Å²) in [5.74, 6) is -0.190. The fourth-order valence-electron chi connectivity index (χ4n) is 3.98. The number of hydrogen-bond acceptors (Lipinski definition) is 6. The van der Waals surface area contributed by atoms with Gasteiger partial charge in [-0.25, -0.2) is 4.79 Å². The molecule has 3 aromatic carbocycles. The van der Waals surface area contributed by atoms with Gasteiger partial charge < -0.3 is 14.2 Å². The molecule has 0 bridgehead atoms. The van der Waals surface area contributed by atoms with Crippen LogP contribution in [0.25, 0.3) is 6.08 Å². The summed E-state index contributed by atoms with van der Waals surface area (Å²) < 4.78 is 17.4. The van der Waals surface area contributed by atoms with Crippen molar-refractivity contribution in [2.45, 2.75) is 33.4 Å². The summed E-state index contributed by atoms with van der Waals surface area (Å²) in [5, 5.41) is 3.52. The van der Waals surface area contributed by atoms with Crippen LogP contribution in [-0.4, -0.2) is 36.0 Å². The average molecular weight is 618 g/mol. The Morgan fingerprint density at radius 1 is 0.829 bits per heavy atom. The van der Waals surface area contributed by atoms with Gasteiger partial charge in [-0.1, -0.05) is 53.9 Å². The van der Waals surface area contributed by atoms with E-state index in [1.807, 2.05) is 13.8 Å². The van der Waals surface area contributed by atoms with Crippen molar-refractivity contribution in [3.05, 3.63) is 91.9 Å². The highest BCUT2D eigenvalue weighted by atomic mass is 35.5. The van der Waals surface area contributed by atoms with Gasteiger partial charge in [0.15, 0.2) is 11.5 Å². The normalized spacial score (nSPS) is 14.3. The molecule has 4 rings (SSSR count). The predicted molar refractivity (Wildman–Crippen MR) is 158 cm³/mol. The summed E-state index contributed by atoms with van der Waals surface area (Å²) in [6.07, 6.45) is 2.17. The molecule has 0 aromatic heterocycles. The standard InChI is InChI=1S/C30H27Cl3N2O6/c1-3-11-40-26-9-5-18(12-27(26)39-4-2)16-35-29(37)23(28(36)34-30(35)38)14-20-13-21(31)8-10-25(20)41-17-19-6-7-22(32)15-24(19)33/h5-10,12-15H,3-4,11,16-17H2,1-2H3,(H,34,36,38)/b23-14+. The molecule has 1 heterocycles. The molecule has 1 saturated heterocycles. The van der Waals surface area contributed by atoms with Crippen molar-refractivity contribution in [3.63, 3.8) is 0 Å². The Bertz CT molecular complexity index is 1510. The van der Waals surface area contributed by atoms with E-state index in [0.717, 1.165) is 11.3 Å². The van der Waals surface area contributed by atoms with Crippen LogP contribution in [0.1, 0.15) is 37.0 Å². The lowest BCUT2D eigenvalue weighted by molar-refractivity contribution is -0.130. The van der Waals surface area contributed by atoms with Crippen molar-refractivity contribution in [1.29, 1.82) is 0 Å². The molecule has 1 aliphatic heterocycles. The highest BCUT2D eigenvalue weighted by molar-refractivity contribution is 6.35. The molecule has 4 amide bonds. The molecule has 0 saturated carbocycles. The molecular formula is C30H27Cl3N2O6. The SMILES string of the molecule is CCCOc1ccc(CN2C(=O)NC(=O)/C(=C\c3cc(Cl)ccc3OCc3ccc(Cl)cc3Cl)C2=O)cc1OCC. The van der Waals surface area contributed by atoms with Crippen LogP contribution < -0.4 is 19.5 Å². The summed E-state index contributed by atoms with van der Waals surface area (Å²) in [5.41, 5.74) is 1.41. The average Bonchev–Trinajstić information content (AvgIpc) is 2.93. The number of urea groups is 1. The lowest BCUT2D eigenvalue weighted by Crippen LogP contribution is -2.53. The number of ether oxygens (including phenoxy) is 3. The lowest BCUT2D eigenvalue weighted by Gasteiger charge is -2.27. The number of hydrogen-bond donors (Lipinski definition) is 1. The largest absolute Gasteiger partial charge is 0.490 e. The first-order valence-electron chi connectivity index (χ1n) is 12.8. The van der Waals surface area contributed by atoms with Crippen molar-refractivity contribution < 1.29 is 28.6 Å². The minimum absolute atomic E-state index is 0.0959. The van der Waals surface area contributed by atoms with E-state index < -0.39 is 17.8 Å². The first-order valence-corrected chi connectivity index (χ1v) is 14.0.